The number of hydrogen-bond acceptors (Lipinski definition) is 6. The summed E-state index contributed by atoms with van der Waals surface area (Å²) in [6.07, 6.45) is 4.14. The number of para-hydroxylation sites is 2. The predicted octanol–water partition coefficient (Wildman–Crippen LogP) is 6.10. The molecule has 214 valence electrons. The van der Waals surface area contributed by atoms with E-state index in [1.807, 2.05) is 48.5 Å². The van der Waals surface area contributed by atoms with E-state index in [0.29, 0.717) is 50.3 Å². The lowest BCUT2D eigenvalue weighted by atomic mass is 10.1. The molecule has 0 unspecified atom stereocenters. The van der Waals surface area contributed by atoms with Gasteiger partial charge < -0.3 is 24.5 Å². The van der Waals surface area contributed by atoms with Crippen molar-refractivity contribution in [1.29, 1.82) is 0 Å². The van der Waals surface area contributed by atoms with Crippen molar-refractivity contribution in [2.24, 2.45) is 0 Å². The van der Waals surface area contributed by atoms with Crippen LogP contribution in [0.1, 0.15) is 21.5 Å². The van der Waals surface area contributed by atoms with Gasteiger partial charge in [-0.1, -0.05) is 42.5 Å². The SMILES string of the molecule is COc1ccc(CN(C)C/C=C/c2ccc(NC(=O)c3cccc4c(=O)c5cccc(OC)c5[nH]c34)cc2)cc1OC. The number of amides is 1. The number of aromatic nitrogens is 1. The molecule has 0 saturated heterocycles. The molecule has 0 fully saturated rings. The average molecular weight is 564 g/mol. The molecule has 0 aliphatic heterocycles. The van der Waals surface area contributed by atoms with Crippen molar-refractivity contribution >= 4 is 39.5 Å². The Balaban J connectivity index is 1.25. The maximum Gasteiger partial charge on any atom is 0.257 e. The maximum absolute atomic E-state index is 13.3. The van der Waals surface area contributed by atoms with E-state index in [1.54, 1.807) is 57.7 Å². The summed E-state index contributed by atoms with van der Waals surface area (Å²) in [5, 5.41) is 3.90. The summed E-state index contributed by atoms with van der Waals surface area (Å²) in [6.45, 7) is 1.52. The Morgan fingerprint density at radius 3 is 2.24 bits per heavy atom. The number of nitrogens with zero attached hydrogens (tertiary/aromatic N) is 1. The number of benzene rings is 4. The standard InChI is InChI=1S/C34H33N3O5/c1-37(21-23-15-18-28(40-2)30(20-23)42-4)19-7-8-22-13-16-24(17-14-22)35-34(39)27-11-5-9-25-31(27)36-32-26(33(25)38)10-6-12-29(32)41-3/h5-18,20H,19,21H2,1-4H3,(H,35,39)(H,36,38)/b8-7+. The predicted molar refractivity (Wildman–Crippen MR) is 168 cm³/mol. The molecule has 4 aromatic carbocycles. The molecule has 1 aromatic heterocycles. The molecule has 1 heterocycles. The number of nitrogens with one attached hydrogen (secondary N) is 2. The van der Waals surface area contributed by atoms with Gasteiger partial charge in [0.2, 0.25) is 0 Å². The number of aromatic amines is 1. The molecular weight excluding hydrogens is 530 g/mol. The van der Waals surface area contributed by atoms with Crippen LogP contribution < -0.4 is 25.0 Å². The van der Waals surface area contributed by atoms with Crippen LogP contribution >= 0.6 is 0 Å². The molecule has 5 aromatic rings. The van der Waals surface area contributed by atoms with E-state index in [1.165, 1.54) is 0 Å². The highest BCUT2D eigenvalue weighted by Crippen LogP contribution is 2.28. The Kier molecular flexibility index (Phi) is 8.55. The molecule has 1 amide bonds. The normalized spacial score (nSPS) is 11.4. The van der Waals surface area contributed by atoms with Crippen LogP contribution in [0, 0.1) is 0 Å². The van der Waals surface area contributed by atoms with Gasteiger partial charge in [-0.2, -0.15) is 0 Å². The largest absolute Gasteiger partial charge is 0.495 e. The van der Waals surface area contributed by atoms with Crippen LogP contribution in [-0.4, -0.2) is 50.7 Å². The molecule has 0 spiro atoms. The van der Waals surface area contributed by atoms with Crippen molar-refractivity contribution in [2.75, 3.05) is 40.2 Å². The van der Waals surface area contributed by atoms with Crippen LogP contribution in [0.15, 0.2) is 89.7 Å². The third-order valence-corrected chi connectivity index (χ3v) is 7.09. The third kappa shape index (κ3) is 5.99. The monoisotopic (exact) mass is 563 g/mol. The molecule has 0 radical (unpaired) electrons. The number of likely N-dealkylation sites (N-methyl/N-ethyl adjacent to an activating group) is 1. The molecule has 0 aliphatic rings. The van der Waals surface area contributed by atoms with Gasteiger partial charge in [0.05, 0.1) is 37.9 Å². The second-order valence-corrected chi connectivity index (χ2v) is 9.93. The lowest BCUT2D eigenvalue weighted by Crippen LogP contribution is -2.17. The number of H-pyrrole nitrogens is 1. The number of fused-ring (bicyclic) bond motifs is 2. The maximum atomic E-state index is 13.3. The second kappa shape index (κ2) is 12.6. The smallest absolute Gasteiger partial charge is 0.257 e. The van der Waals surface area contributed by atoms with Gasteiger partial charge in [0.1, 0.15) is 5.75 Å². The van der Waals surface area contributed by atoms with Gasteiger partial charge in [0.25, 0.3) is 5.91 Å². The van der Waals surface area contributed by atoms with Crippen LogP contribution in [0.5, 0.6) is 17.2 Å². The first-order valence-electron chi connectivity index (χ1n) is 13.5. The Labute approximate surface area is 244 Å². The summed E-state index contributed by atoms with van der Waals surface area (Å²) in [6, 6.07) is 24.0. The fourth-order valence-corrected chi connectivity index (χ4v) is 4.95. The van der Waals surface area contributed by atoms with Gasteiger partial charge in [0.15, 0.2) is 16.9 Å². The minimum atomic E-state index is -0.314. The quantitative estimate of drug-likeness (QED) is 0.199. The highest BCUT2D eigenvalue weighted by Gasteiger charge is 2.16. The van der Waals surface area contributed by atoms with E-state index in [2.05, 4.69) is 28.3 Å². The first-order chi connectivity index (χ1) is 20.4. The van der Waals surface area contributed by atoms with E-state index in [4.69, 9.17) is 14.2 Å². The van der Waals surface area contributed by atoms with Crippen LogP contribution in [0.25, 0.3) is 27.9 Å². The Morgan fingerprint density at radius 2 is 1.52 bits per heavy atom. The number of ether oxygens (including phenoxy) is 3. The fraction of sp³-hybridized carbons (Fsp3) is 0.176. The summed E-state index contributed by atoms with van der Waals surface area (Å²) in [4.78, 5) is 31.9. The van der Waals surface area contributed by atoms with Gasteiger partial charge in [-0.25, -0.2) is 0 Å². The highest BCUT2D eigenvalue weighted by atomic mass is 16.5. The van der Waals surface area contributed by atoms with Crippen molar-refractivity contribution in [2.45, 2.75) is 6.54 Å². The van der Waals surface area contributed by atoms with E-state index >= 15 is 0 Å². The van der Waals surface area contributed by atoms with Gasteiger partial charge in [0, 0.05) is 29.5 Å². The van der Waals surface area contributed by atoms with E-state index in [-0.39, 0.29) is 11.3 Å². The van der Waals surface area contributed by atoms with Gasteiger partial charge in [-0.05, 0) is 66.7 Å². The number of methoxy groups -OCH3 is 3. The van der Waals surface area contributed by atoms with Crippen LogP contribution in [0.2, 0.25) is 0 Å². The summed E-state index contributed by atoms with van der Waals surface area (Å²) in [5.41, 5.74) is 4.04. The highest BCUT2D eigenvalue weighted by molar-refractivity contribution is 6.13. The topological polar surface area (TPSA) is 92.9 Å². The van der Waals surface area contributed by atoms with E-state index in [0.717, 1.165) is 24.2 Å². The molecule has 5 rings (SSSR count). The van der Waals surface area contributed by atoms with Crippen molar-refractivity contribution in [3.05, 3.63) is 112 Å². The lowest BCUT2D eigenvalue weighted by molar-refractivity contribution is 0.102. The van der Waals surface area contributed by atoms with E-state index < -0.39 is 0 Å². The zero-order chi connectivity index (χ0) is 29.6. The molecule has 0 atom stereocenters. The Morgan fingerprint density at radius 1 is 0.833 bits per heavy atom. The summed E-state index contributed by atoms with van der Waals surface area (Å²) < 4.78 is 16.2. The third-order valence-electron chi connectivity index (χ3n) is 7.09. The Hall–Kier alpha value is -5.08. The van der Waals surface area contributed by atoms with Crippen LogP contribution in [-0.2, 0) is 6.54 Å². The molecule has 0 saturated carbocycles. The molecule has 8 nitrogen and oxygen atoms in total. The molecular formula is C34H33N3O5. The fourth-order valence-electron chi connectivity index (χ4n) is 4.95. The number of hydrogen-bond donors (Lipinski definition) is 2. The first-order valence-corrected chi connectivity index (χ1v) is 13.5. The minimum Gasteiger partial charge on any atom is -0.495 e. The van der Waals surface area contributed by atoms with E-state index in [9.17, 15) is 9.59 Å². The molecule has 2 N–H and O–H groups in total. The van der Waals surface area contributed by atoms with Crippen LogP contribution in [0.3, 0.4) is 0 Å². The van der Waals surface area contributed by atoms with Gasteiger partial charge in [-0.15, -0.1) is 0 Å². The zero-order valence-electron chi connectivity index (χ0n) is 24.1. The summed E-state index contributed by atoms with van der Waals surface area (Å²) >= 11 is 0. The number of rotatable bonds is 10. The number of anilines is 1. The van der Waals surface area contributed by atoms with Crippen molar-refractivity contribution in [1.82, 2.24) is 9.88 Å². The molecule has 42 heavy (non-hydrogen) atoms. The van der Waals surface area contributed by atoms with Crippen LogP contribution in [0.4, 0.5) is 5.69 Å². The molecule has 8 heteroatoms. The summed E-state index contributed by atoms with van der Waals surface area (Å²) in [7, 11) is 6.87. The molecule has 0 bridgehead atoms. The summed E-state index contributed by atoms with van der Waals surface area (Å²) in [5.74, 6) is 1.65. The number of pyridine rings is 1. The number of carbonyl (C=O) groups is 1. The van der Waals surface area contributed by atoms with Crippen molar-refractivity contribution in [3.8, 4) is 17.2 Å². The number of carbonyl (C=O) groups excluding carboxylic acids is 1. The van der Waals surface area contributed by atoms with Crippen molar-refractivity contribution in [3.63, 3.8) is 0 Å². The second-order valence-electron chi connectivity index (χ2n) is 9.93. The van der Waals surface area contributed by atoms with Gasteiger partial charge >= 0.3 is 0 Å². The van der Waals surface area contributed by atoms with Crippen molar-refractivity contribution < 1.29 is 19.0 Å². The first kappa shape index (κ1) is 28.4. The average Bonchev–Trinajstić information content (AvgIpc) is 3.01. The zero-order valence-corrected chi connectivity index (χ0v) is 24.1. The Bertz CT molecular complexity index is 1830. The van der Waals surface area contributed by atoms with Gasteiger partial charge in [-0.3, -0.25) is 14.5 Å². The lowest BCUT2D eigenvalue weighted by Gasteiger charge is -2.16. The minimum absolute atomic E-state index is 0.155. The molecule has 0 aliphatic carbocycles.